The van der Waals surface area contributed by atoms with Gasteiger partial charge in [-0.05, 0) is 25.3 Å². The third-order valence-corrected chi connectivity index (χ3v) is 4.88. The molecule has 1 heterocycles. The van der Waals surface area contributed by atoms with Gasteiger partial charge in [0.1, 0.15) is 6.54 Å². The number of benzene rings is 1. The Morgan fingerprint density at radius 1 is 1.26 bits per heavy atom. The minimum absolute atomic E-state index is 0.00570. The Hall–Kier alpha value is -1.88. The maximum atomic E-state index is 12.8. The first-order valence-electron chi connectivity index (χ1n) is 8.07. The van der Waals surface area contributed by atoms with Crippen LogP contribution in [0.15, 0.2) is 40.5 Å². The highest BCUT2D eigenvalue weighted by Crippen LogP contribution is 2.24. The van der Waals surface area contributed by atoms with E-state index in [1.807, 2.05) is 30.0 Å². The van der Waals surface area contributed by atoms with E-state index >= 15 is 0 Å². The van der Waals surface area contributed by atoms with E-state index in [4.69, 9.17) is 0 Å². The summed E-state index contributed by atoms with van der Waals surface area (Å²) in [6, 6.07) is 10.2. The Balaban J connectivity index is 2.26. The molecule has 5 heteroatoms. The number of rotatable bonds is 7. The fraction of sp³-hybridized carbons (Fsp3) is 0.444. The molecule has 0 N–H and O–H groups in total. The summed E-state index contributed by atoms with van der Waals surface area (Å²) < 4.78 is 1.56. The quantitative estimate of drug-likeness (QED) is 0.777. The molecule has 1 aromatic heterocycles. The lowest BCUT2D eigenvalue weighted by atomic mass is 10.0. The number of hydrogen-bond donors (Lipinski definition) is 0. The molecule has 0 spiro atoms. The van der Waals surface area contributed by atoms with Gasteiger partial charge >= 0.3 is 4.87 Å². The molecular weight excluding hydrogens is 308 g/mol. The van der Waals surface area contributed by atoms with Crippen LogP contribution in [0.5, 0.6) is 0 Å². The molecule has 2 aromatic rings. The molecule has 0 aliphatic heterocycles. The number of aryl methyl sites for hydroxylation is 1. The number of amides is 1. The van der Waals surface area contributed by atoms with Crippen LogP contribution in [0.25, 0.3) is 0 Å². The fourth-order valence-electron chi connectivity index (χ4n) is 2.83. The Bertz CT molecular complexity index is 691. The number of hydrogen-bond acceptors (Lipinski definition) is 3. The third-order valence-electron chi connectivity index (χ3n) is 4.00. The van der Waals surface area contributed by atoms with Crippen molar-refractivity contribution in [1.29, 1.82) is 0 Å². The lowest BCUT2D eigenvalue weighted by Crippen LogP contribution is -2.39. The summed E-state index contributed by atoms with van der Waals surface area (Å²) in [7, 11) is 0. The molecule has 23 heavy (non-hydrogen) atoms. The van der Waals surface area contributed by atoms with Crippen molar-refractivity contribution in [2.45, 2.75) is 46.2 Å². The van der Waals surface area contributed by atoms with E-state index in [1.165, 1.54) is 0 Å². The van der Waals surface area contributed by atoms with Crippen LogP contribution >= 0.6 is 11.3 Å². The normalized spacial score (nSPS) is 12.1. The molecule has 0 saturated carbocycles. The molecule has 0 radical (unpaired) electrons. The molecule has 0 saturated heterocycles. The van der Waals surface area contributed by atoms with Gasteiger partial charge in [-0.1, -0.05) is 55.5 Å². The molecule has 1 amide bonds. The van der Waals surface area contributed by atoms with Crippen LogP contribution in [-0.2, 0) is 11.3 Å². The first-order chi connectivity index (χ1) is 11.1. The highest BCUT2D eigenvalue weighted by atomic mass is 32.1. The summed E-state index contributed by atoms with van der Waals surface area (Å²) in [5, 5.41) is 1.80. The molecule has 4 nitrogen and oxygen atoms in total. The summed E-state index contributed by atoms with van der Waals surface area (Å²) >= 11 is 1.15. The van der Waals surface area contributed by atoms with Crippen LogP contribution in [0.4, 0.5) is 0 Å². The second kappa shape index (κ2) is 8.11. The molecule has 0 fully saturated rings. The van der Waals surface area contributed by atoms with Gasteiger partial charge < -0.3 is 4.90 Å². The molecule has 0 aliphatic carbocycles. The topological polar surface area (TPSA) is 42.3 Å². The zero-order valence-electron chi connectivity index (χ0n) is 14.0. The van der Waals surface area contributed by atoms with E-state index in [0.29, 0.717) is 6.54 Å². The largest absolute Gasteiger partial charge is 0.334 e. The van der Waals surface area contributed by atoms with E-state index in [9.17, 15) is 9.59 Å². The van der Waals surface area contributed by atoms with Crippen molar-refractivity contribution in [3.05, 3.63) is 56.6 Å². The van der Waals surface area contributed by atoms with Gasteiger partial charge in [0.2, 0.25) is 5.91 Å². The van der Waals surface area contributed by atoms with Crippen molar-refractivity contribution in [3.63, 3.8) is 0 Å². The van der Waals surface area contributed by atoms with Crippen LogP contribution in [0.1, 0.15) is 44.0 Å². The van der Waals surface area contributed by atoms with E-state index in [2.05, 4.69) is 26.0 Å². The Kier molecular flexibility index (Phi) is 6.16. The molecule has 0 aliphatic rings. The molecule has 0 bridgehead atoms. The predicted octanol–water partition coefficient (Wildman–Crippen LogP) is 3.61. The number of aromatic nitrogens is 1. The van der Waals surface area contributed by atoms with Crippen molar-refractivity contribution in [2.24, 2.45) is 0 Å². The Morgan fingerprint density at radius 3 is 2.48 bits per heavy atom. The first kappa shape index (κ1) is 17.5. The number of carbonyl (C=O) groups is 1. The van der Waals surface area contributed by atoms with Crippen LogP contribution in [0.3, 0.4) is 0 Å². The Labute approximate surface area is 141 Å². The highest BCUT2D eigenvalue weighted by Gasteiger charge is 2.24. The lowest BCUT2D eigenvalue weighted by Gasteiger charge is -2.31. The van der Waals surface area contributed by atoms with Gasteiger partial charge in [-0.2, -0.15) is 0 Å². The highest BCUT2D eigenvalue weighted by molar-refractivity contribution is 7.07. The minimum Gasteiger partial charge on any atom is -0.334 e. The number of carbonyl (C=O) groups excluding carboxylic acids is 1. The van der Waals surface area contributed by atoms with Gasteiger partial charge in [-0.25, -0.2) is 0 Å². The minimum atomic E-state index is -0.0694. The maximum absolute atomic E-state index is 12.8. The summed E-state index contributed by atoms with van der Waals surface area (Å²) in [6.45, 7) is 6.85. The van der Waals surface area contributed by atoms with E-state index in [1.54, 1.807) is 9.95 Å². The standard InChI is InChI=1S/C18H24N2O2S/c1-4-11-19(16(5-2)15-9-7-6-8-10-15)17(21)12-20-14(3)13-23-18(20)22/h6-10,13,16H,4-5,11-12H2,1-3H3/t16-/m1/s1. The predicted molar refractivity (Wildman–Crippen MR) is 94.8 cm³/mol. The van der Waals surface area contributed by atoms with Crippen LogP contribution in [0.2, 0.25) is 0 Å². The summed E-state index contributed by atoms with van der Waals surface area (Å²) in [4.78, 5) is 26.6. The summed E-state index contributed by atoms with van der Waals surface area (Å²) in [5.41, 5.74) is 1.99. The van der Waals surface area contributed by atoms with Gasteiger partial charge in [0.25, 0.3) is 0 Å². The third kappa shape index (κ3) is 4.10. The van der Waals surface area contributed by atoms with Crippen LogP contribution < -0.4 is 4.87 Å². The van der Waals surface area contributed by atoms with E-state index < -0.39 is 0 Å². The monoisotopic (exact) mass is 332 g/mol. The number of nitrogens with zero attached hydrogens (tertiary/aromatic N) is 2. The van der Waals surface area contributed by atoms with Crippen molar-refractivity contribution >= 4 is 17.2 Å². The smallest absolute Gasteiger partial charge is 0.307 e. The van der Waals surface area contributed by atoms with Gasteiger partial charge in [0, 0.05) is 17.6 Å². The SMILES string of the molecule is CCCN(C(=O)Cn1c(C)csc1=O)[C@H](CC)c1ccccc1. The molecule has 1 aromatic carbocycles. The van der Waals surface area contributed by atoms with Crippen molar-refractivity contribution in [3.8, 4) is 0 Å². The molecule has 0 unspecified atom stereocenters. The van der Waals surface area contributed by atoms with Gasteiger partial charge in [-0.3, -0.25) is 14.2 Å². The first-order valence-corrected chi connectivity index (χ1v) is 8.95. The van der Waals surface area contributed by atoms with Crippen LogP contribution in [-0.4, -0.2) is 21.9 Å². The van der Waals surface area contributed by atoms with Crippen molar-refractivity contribution in [2.75, 3.05) is 6.54 Å². The maximum Gasteiger partial charge on any atom is 0.307 e. The zero-order chi connectivity index (χ0) is 16.8. The molecular formula is C18H24N2O2S. The van der Waals surface area contributed by atoms with Gasteiger partial charge in [0.05, 0.1) is 6.04 Å². The van der Waals surface area contributed by atoms with E-state index in [-0.39, 0.29) is 23.4 Å². The lowest BCUT2D eigenvalue weighted by molar-refractivity contribution is -0.134. The van der Waals surface area contributed by atoms with Gasteiger partial charge in [-0.15, -0.1) is 0 Å². The van der Waals surface area contributed by atoms with Gasteiger partial charge in [0.15, 0.2) is 0 Å². The van der Waals surface area contributed by atoms with Crippen molar-refractivity contribution in [1.82, 2.24) is 9.47 Å². The Morgan fingerprint density at radius 2 is 1.96 bits per heavy atom. The second-order valence-electron chi connectivity index (χ2n) is 5.65. The molecule has 2 rings (SSSR count). The average Bonchev–Trinajstić information content (AvgIpc) is 2.87. The second-order valence-corrected chi connectivity index (χ2v) is 6.47. The molecule has 1 atom stereocenters. The average molecular weight is 332 g/mol. The molecule has 124 valence electrons. The van der Waals surface area contributed by atoms with Crippen LogP contribution in [0, 0.1) is 6.92 Å². The van der Waals surface area contributed by atoms with E-state index in [0.717, 1.165) is 35.4 Å². The summed E-state index contributed by atoms with van der Waals surface area (Å²) in [5.74, 6) is 0.00570. The summed E-state index contributed by atoms with van der Waals surface area (Å²) in [6.07, 6.45) is 1.75. The zero-order valence-corrected chi connectivity index (χ0v) is 14.8. The fourth-order valence-corrected chi connectivity index (χ4v) is 3.56. The number of thiazole rings is 1. The van der Waals surface area contributed by atoms with Crippen molar-refractivity contribution < 1.29 is 4.79 Å².